The van der Waals surface area contributed by atoms with E-state index in [9.17, 15) is 4.79 Å². The molecular formula is C13H13ClN2O2. The molecule has 0 aliphatic carbocycles. The number of nitrogens with zero attached hydrogens (tertiary/aromatic N) is 1. The number of aliphatic carboxylic acids is 1. The van der Waals surface area contributed by atoms with Crippen molar-refractivity contribution in [1.29, 1.82) is 0 Å². The summed E-state index contributed by atoms with van der Waals surface area (Å²) in [6.07, 6.45) is 2.96. The van der Waals surface area contributed by atoms with Gasteiger partial charge in [-0.25, -0.2) is 4.98 Å². The SMILES string of the molecule is O=C(O)CCc1cnc(Cc2ccc(Cl)cc2)[nH]1. The van der Waals surface area contributed by atoms with Crippen LogP contribution in [0.25, 0.3) is 0 Å². The second-order valence-electron chi connectivity index (χ2n) is 4.05. The number of nitrogens with one attached hydrogen (secondary N) is 1. The van der Waals surface area contributed by atoms with E-state index in [1.54, 1.807) is 6.20 Å². The van der Waals surface area contributed by atoms with Gasteiger partial charge in [-0.1, -0.05) is 23.7 Å². The summed E-state index contributed by atoms with van der Waals surface area (Å²) in [5, 5.41) is 9.30. The Labute approximate surface area is 110 Å². The number of halogens is 1. The number of carboxylic acids is 1. The molecule has 18 heavy (non-hydrogen) atoms. The van der Waals surface area contributed by atoms with Crippen LogP contribution in [0.15, 0.2) is 30.5 Å². The summed E-state index contributed by atoms with van der Waals surface area (Å²) in [5.41, 5.74) is 1.96. The zero-order chi connectivity index (χ0) is 13.0. The second-order valence-corrected chi connectivity index (χ2v) is 4.49. The van der Waals surface area contributed by atoms with Gasteiger partial charge in [0.05, 0.1) is 6.42 Å². The van der Waals surface area contributed by atoms with E-state index < -0.39 is 5.97 Å². The van der Waals surface area contributed by atoms with Crippen molar-refractivity contribution in [1.82, 2.24) is 9.97 Å². The lowest BCUT2D eigenvalue weighted by Gasteiger charge is -1.98. The van der Waals surface area contributed by atoms with Crippen LogP contribution >= 0.6 is 11.6 Å². The molecule has 0 bridgehead atoms. The fraction of sp³-hybridized carbons (Fsp3) is 0.231. The monoisotopic (exact) mass is 264 g/mol. The third-order valence-corrected chi connectivity index (χ3v) is 2.83. The number of carbonyl (C=O) groups is 1. The van der Waals surface area contributed by atoms with E-state index in [4.69, 9.17) is 16.7 Å². The lowest BCUT2D eigenvalue weighted by Crippen LogP contribution is -1.98. The minimum atomic E-state index is -0.802. The minimum Gasteiger partial charge on any atom is -0.481 e. The van der Waals surface area contributed by atoms with Crippen molar-refractivity contribution in [2.24, 2.45) is 0 Å². The highest BCUT2D eigenvalue weighted by atomic mass is 35.5. The molecule has 2 N–H and O–H groups in total. The molecule has 0 fully saturated rings. The van der Waals surface area contributed by atoms with Crippen molar-refractivity contribution >= 4 is 17.6 Å². The highest BCUT2D eigenvalue weighted by Crippen LogP contribution is 2.12. The van der Waals surface area contributed by atoms with Crippen molar-refractivity contribution in [2.45, 2.75) is 19.3 Å². The number of carboxylic acid groups (broad SMARTS) is 1. The molecule has 0 aliphatic rings. The lowest BCUT2D eigenvalue weighted by molar-refractivity contribution is -0.136. The van der Waals surface area contributed by atoms with Gasteiger partial charge in [0.15, 0.2) is 0 Å². The van der Waals surface area contributed by atoms with Crippen LogP contribution in [0.1, 0.15) is 23.5 Å². The number of imidazole rings is 1. The van der Waals surface area contributed by atoms with Gasteiger partial charge in [-0.05, 0) is 24.1 Å². The van der Waals surface area contributed by atoms with E-state index in [0.717, 1.165) is 17.1 Å². The van der Waals surface area contributed by atoms with E-state index >= 15 is 0 Å². The first-order valence-electron chi connectivity index (χ1n) is 5.62. The van der Waals surface area contributed by atoms with Crippen LogP contribution in [0, 0.1) is 0 Å². The predicted octanol–water partition coefficient (Wildman–Crippen LogP) is 2.67. The number of benzene rings is 1. The van der Waals surface area contributed by atoms with Gasteiger partial charge in [-0.3, -0.25) is 4.79 Å². The van der Waals surface area contributed by atoms with Crippen molar-refractivity contribution < 1.29 is 9.90 Å². The number of hydrogen-bond acceptors (Lipinski definition) is 2. The van der Waals surface area contributed by atoms with E-state index in [1.165, 1.54) is 0 Å². The molecule has 4 nitrogen and oxygen atoms in total. The fourth-order valence-electron chi connectivity index (χ4n) is 1.66. The second kappa shape index (κ2) is 5.69. The van der Waals surface area contributed by atoms with Crippen molar-refractivity contribution in [2.75, 3.05) is 0 Å². The molecule has 1 aromatic heterocycles. The number of aromatic nitrogens is 2. The first-order valence-corrected chi connectivity index (χ1v) is 6.00. The maximum Gasteiger partial charge on any atom is 0.303 e. The van der Waals surface area contributed by atoms with E-state index in [-0.39, 0.29) is 6.42 Å². The summed E-state index contributed by atoms with van der Waals surface area (Å²) < 4.78 is 0. The smallest absolute Gasteiger partial charge is 0.303 e. The van der Waals surface area contributed by atoms with Crippen molar-refractivity contribution in [3.8, 4) is 0 Å². The van der Waals surface area contributed by atoms with Gasteiger partial charge in [-0.15, -0.1) is 0 Å². The Morgan fingerprint density at radius 2 is 2.06 bits per heavy atom. The number of aryl methyl sites for hydroxylation is 1. The largest absolute Gasteiger partial charge is 0.481 e. The van der Waals surface area contributed by atoms with Gasteiger partial charge in [0.1, 0.15) is 5.82 Å². The molecule has 94 valence electrons. The molecule has 0 saturated carbocycles. The summed E-state index contributed by atoms with van der Waals surface area (Å²) in [7, 11) is 0. The van der Waals surface area contributed by atoms with Crippen LogP contribution in [-0.2, 0) is 17.6 Å². The Kier molecular flexibility index (Phi) is 3.99. The Morgan fingerprint density at radius 1 is 1.33 bits per heavy atom. The number of H-pyrrole nitrogens is 1. The molecule has 2 aromatic rings. The van der Waals surface area contributed by atoms with Gasteiger partial charge in [0.25, 0.3) is 0 Å². The first kappa shape index (κ1) is 12.6. The molecule has 0 amide bonds. The van der Waals surface area contributed by atoms with Crippen LogP contribution in [0.2, 0.25) is 5.02 Å². The number of rotatable bonds is 5. The van der Waals surface area contributed by atoms with Crippen LogP contribution in [0.5, 0.6) is 0 Å². The van der Waals surface area contributed by atoms with Gasteiger partial charge in [-0.2, -0.15) is 0 Å². The molecule has 1 aromatic carbocycles. The molecular weight excluding hydrogens is 252 g/mol. The van der Waals surface area contributed by atoms with Gasteiger partial charge < -0.3 is 10.1 Å². The Hall–Kier alpha value is -1.81. The molecule has 5 heteroatoms. The van der Waals surface area contributed by atoms with Gasteiger partial charge >= 0.3 is 5.97 Å². The standard InChI is InChI=1S/C13H13ClN2O2/c14-10-3-1-9(2-4-10)7-12-15-8-11(16-12)5-6-13(17)18/h1-4,8H,5-7H2,(H,15,16)(H,17,18). The topological polar surface area (TPSA) is 66.0 Å². The average molecular weight is 265 g/mol. The summed E-state index contributed by atoms with van der Waals surface area (Å²) in [6.45, 7) is 0. The Bertz CT molecular complexity index is 534. The summed E-state index contributed by atoms with van der Waals surface area (Å²) >= 11 is 5.81. The van der Waals surface area contributed by atoms with Crippen molar-refractivity contribution in [3.05, 3.63) is 52.6 Å². The van der Waals surface area contributed by atoms with E-state index in [0.29, 0.717) is 17.9 Å². The minimum absolute atomic E-state index is 0.114. The van der Waals surface area contributed by atoms with E-state index in [1.807, 2.05) is 24.3 Å². The van der Waals surface area contributed by atoms with Gasteiger partial charge in [0, 0.05) is 23.3 Å². The highest BCUT2D eigenvalue weighted by Gasteiger charge is 2.04. The van der Waals surface area contributed by atoms with Gasteiger partial charge in [0.2, 0.25) is 0 Å². The molecule has 0 aliphatic heterocycles. The first-order chi connectivity index (χ1) is 8.63. The highest BCUT2D eigenvalue weighted by molar-refractivity contribution is 6.30. The third kappa shape index (κ3) is 3.60. The third-order valence-electron chi connectivity index (χ3n) is 2.57. The molecule has 0 spiro atoms. The van der Waals surface area contributed by atoms with Crippen LogP contribution < -0.4 is 0 Å². The molecule has 1 heterocycles. The molecule has 0 atom stereocenters. The average Bonchev–Trinajstić information content (AvgIpc) is 2.77. The van der Waals surface area contributed by atoms with E-state index in [2.05, 4.69) is 9.97 Å². The van der Waals surface area contributed by atoms with Crippen LogP contribution in [0.3, 0.4) is 0 Å². The summed E-state index contributed by atoms with van der Waals surface area (Å²) in [5.74, 6) is 0.0292. The Balaban J connectivity index is 1.97. The molecule has 0 unspecified atom stereocenters. The summed E-state index contributed by atoms with van der Waals surface area (Å²) in [4.78, 5) is 17.8. The quantitative estimate of drug-likeness (QED) is 0.873. The fourth-order valence-corrected chi connectivity index (χ4v) is 1.79. The maximum atomic E-state index is 10.5. The lowest BCUT2D eigenvalue weighted by atomic mass is 10.1. The number of aromatic amines is 1. The maximum absolute atomic E-state index is 10.5. The zero-order valence-corrected chi connectivity index (χ0v) is 10.4. The zero-order valence-electron chi connectivity index (χ0n) is 9.69. The molecule has 0 radical (unpaired) electrons. The van der Waals surface area contributed by atoms with Crippen LogP contribution in [-0.4, -0.2) is 21.0 Å². The normalized spacial score (nSPS) is 10.5. The predicted molar refractivity (Wildman–Crippen MR) is 68.8 cm³/mol. The summed E-state index contributed by atoms with van der Waals surface area (Å²) in [6, 6.07) is 7.57. The number of hydrogen-bond donors (Lipinski definition) is 2. The van der Waals surface area contributed by atoms with Crippen molar-refractivity contribution in [3.63, 3.8) is 0 Å². The molecule has 2 rings (SSSR count). The Morgan fingerprint density at radius 3 is 2.72 bits per heavy atom. The van der Waals surface area contributed by atoms with Crippen LogP contribution in [0.4, 0.5) is 0 Å². The molecule has 0 saturated heterocycles.